The van der Waals surface area contributed by atoms with Crippen LogP contribution in [0, 0.1) is 0 Å². The van der Waals surface area contributed by atoms with Gasteiger partial charge in [0.2, 0.25) is 0 Å². The lowest BCUT2D eigenvalue weighted by atomic mass is 10.0. The maximum atomic E-state index is 12.1. The van der Waals surface area contributed by atoms with Crippen molar-refractivity contribution in [3.05, 3.63) is 48.6 Å². The summed E-state index contributed by atoms with van der Waals surface area (Å²) in [5.41, 5.74) is 0.210. The molecule has 0 aliphatic rings. The Labute approximate surface area is 144 Å². The summed E-state index contributed by atoms with van der Waals surface area (Å²) in [7, 11) is 0. The van der Waals surface area contributed by atoms with Crippen LogP contribution in [-0.2, 0) is 14.3 Å². The van der Waals surface area contributed by atoms with Crippen molar-refractivity contribution in [2.45, 2.75) is 58.3 Å². The number of rotatable bonds is 7. The van der Waals surface area contributed by atoms with Crippen molar-refractivity contribution >= 4 is 12.1 Å². The zero-order valence-corrected chi connectivity index (χ0v) is 14.9. The van der Waals surface area contributed by atoms with Crippen molar-refractivity contribution in [3.8, 4) is 0 Å². The minimum atomic E-state index is -0.607. The second-order valence-corrected chi connectivity index (χ2v) is 6.64. The molecule has 0 unspecified atom stereocenters. The van der Waals surface area contributed by atoms with Gasteiger partial charge >= 0.3 is 12.1 Å². The number of carbonyl (C=O) groups excluding carboxylic acids is 2. The molecule has 0 saturated carbocycles. The fourth-order valence-electron chi connectivity index (χ4n) is 2.11. The SMILES string of the molecule is C=CC[C@H](C)OC(=O)C[C@@H](NC(=O)OC(C)(C)C)c1ccccc1. The van der Waals surface area contributed by atoms with E-state index in [0.29, 0.717) is 6.42 Å². The number of nitrogens with one attached hydrogen (secondary N) is 1. The van der Waals surface area contributed by atoms with E-state index < -0.39 is 17.7 Å². The molecule has 0 fully saturated rings. The zero-order chi connectivity index (χ0) is 18.2. The molecular formula is C19H27NO4. The molecule has 5 nitrogen and oxygen atoms in total. The van der Waals surface area contributed by atoms with E-state index in [9.17, 15) is 9.59 Å². The fraction of sp³-hybridized carbons (Fsp3) is 0.474. The lowest BCUT2D eigenvalue weighted by molar-refractivity contribution is -0.148. The van der Waals surface area contributed by atoms with Crippen LogP contribution in [0.1, 0.15) is 52.1 Å². The Bertz CT molecular complexity index is 548. The summed E-state index contributed by atoms with van der Waals surface area (Å²) in [6, 6.07) is 8.77. The van der Waals surface area contributed by atoms with Crippen molar-refractivity contribution in [2.75, 3.05) is 0 Å². The molecular weight excluding hydrogens is 306 g/mol. The van der Waals surface area contributed by atoms with Gasteiger partial charge in [0.05, 0.1) is 12.5 Å². The molecule has 2 atom stereocenters. The molecule has 0 heterocycles. The number of carbonyl (C=O) groups is 2. The lowest BCUT2D eigenvalue weighted by Crippen LogP contribution is -2.36. The summed E-state index contributed by atoms with van der Waals surface area (Å²) in [6.07, 6.45) is 1.51. The van der Waals surface area contributed by atoms with E-state index in [4.69, 9.17) is 9.47 Å². The highest BCUT2D eigenvalue weighted by atomic mass is 16.6. The molecule has 0 saturated heterocycles. The van der Waals surface area contributed by atoms with E-state index in [-0.39, 0.29) is 18.5 Å². The molecule has 0 spiro atoms. The number of amides is 1. The van der Waals surface area contributed by atoms with Gasteiger partial charge in [-0.1, -0.05) is 36.4 Å². The van der Waals surface area contributed by atoms with Crippen molar-refractivity contribution in [1.29, 1.82) is 0 Å². The third-order valence-electron chi connectivity index (χ3n) is 3.09. The van der Waals surface area contributed by atoms with Crippen LogP contribution < -0.4 is 5.32 Å². The molecule has 132 valence electrons. The van der Waals surface area contributed by atoms with Gasteiger partial charge in [-0.05, 0) is 33.3 Å². The highest BCUT2D eigenvalue weighted by Gasteiger charge is 2.23. The Morgan fingerprint density at radius 1 is 1.25 bits per heavy atom. The van der Waals surface area contributed by atoms with E-state index in [2.05, 4.69) is 11.9 Å². The third kappa shape index (κ3) is 7.81. The fourth-order valence-corrected chi connectivity index (χ4v) is 2.11. The minimum absolute atomic E-state index is 0.0325. The van der Waals surface area contributed by atoms with Gasteiger partial charge in [0, 0.05) is 6.42 Å². The number of hydrogen-bond acceptors (Lipinski definition) is 4. The smallest absolute Gasteiger partial charge is 0.408 e. The normalized spacial score (nSPS) is 13.5. The summed E-state index contributed by atoms with van der Waals surface area (Å²) in [5, 5.41) is 2.74. The first-order valence-electron chi connectivity index (χ1n) is 8.06. The van der Waals surface area contributed by atoms with Gasteiger partial charge in [0.15, 0.2) is 0 Å². The Hall–Kier alpha value is -2.30. The van der Waals surface area contributed by atoms with Gasteiger partial charge in [-0.2, -0.15) is 0 Å². The predicted molar refractivity (Wildman–Crippen MR) is 93.5 cm³/mol. The van der Waals surface area contributed by atoms with Gasteiger partial charge in [0.1, 0.15) is 11.7 Å². The number of hydrogen-bond donors (Lipinski definition) is 1. The topological polar surface area (TPSA) is 64.6 Å². The van der Waals surface area contributed by atoms with Crippen molar-refractivity contribution in [1.82, 2.24) is 5.32 Å². The molecule has 24 heavy (non-hydrogen) atoms. The van der Waals surface area contributed by atoms with E-state index in [0.717, 1.165) is 5.56 Å². The highest BCUT2D eigenvalue weighted by Crippen LogP contribution is 2.19. The van der Waals surface area contributed by atoms with E-state index in [1.54, 1.807) is 33.8 Å². The van der Waals surface area contributed by atoms with Crippen LogP contribution in [0.4, 0.5) is 4.79 Å². The molecule has 1 rings (SSSR count). The molecule has 0 aliphatic heterocycles. The molecule has 0 aliphatic carbocycles. The quantitative estimate of drug-likeness (QED) is 0.601. The van der Waals surface area contributed by atoms with E-state index >= 15 is 0 Å². The van der Waals surface area contributed by atoms with E-state index in [1.807, 2.05) is 30.3 Å². The summed E-state index contributed by atoms with van der Waals surface area (Å²) in [5.74, 6) is -0.380. The standard InChI is InChI=1S/C19H27NO4/c1-6-10-14(2)23-17(21)13-16(15-11-8-7-9-12-15)20-18(22)24-19(3,4)5/h6-9,11-12,14,16H,1,10,13H2,2-5H3,(H,20,22)/t14-,16+/m0/s1. The molecule has 1 aromatic rings. The molecule has 0 radical (unpaired) electrons. The largest absolute Gasteiger partial charge is 0.462 e. The number of benzene rings is 1. The third-order valence-corrected chi connectivity index (χ3v) is 3.09. The highest BCUT2D eigenvalue weighted by molar-refractivity contribution is 5.73. The maximum Gasteiger partial charge on any atom is 0.408 e. The Morgan fingerprint density at radius 2 is 1.88 bits per heavy atom. The minimum Gasteiger partial charge on any atom is -0.462 e. The first-order valence-corrected chi connectivity index (χ1v) is 8.06. The van der Waals surface area contributed by atoms with Crippen LogP contribution in [0.3, 0.4) is 0 Å². The average molecular weight is 333 g/mol. The molecule has 1 aromatic carbocycles. The van der Waals surface area contributed by atoms with Crippen LogP contribution in [0.15, 0.2) is 43.0 Å². The average Bonchev–Trinajstić information content (AvgIpc) is 2.45. The number of esters is 1. The van der Waals surface area contributed by atoms with Gasteiger partial charge in [-0.25, -0.2) is 4.79 Å². The second-order valence-electron chi connectivity index (χ2n) is 6.64. The van der Waals surface area contributed by atoms with Crippen LogP contribution in [-0.4, -0.2) is 23.8 Å². The zero-order valence-electron chi connectivity index (χ0n) is 14.9. The first-order chi connectivity index (χ1) is 11.2. The Balaban J connectivity index is 2.77. The van der Waals surface area contributed by atoms with Crippen molar-refractivity contribution < 1.29 is 19.1 Å². The molecule has 1 amide bonds. The summed E-state index contributed by atoms with van der Waals surface area (Å²) in [4.78, 5) is 24.2. The second kappa shape index (κ2) is 9.11. The maximum absolute atomic E-state index is 12.1. The summed E-state index contributed by atoms with van der Waals surface area (Å²) < 4.78 is 10.6. The van der Waals surface area contributed by atoms with Crippen LogP contribution >= 0.6 is 0 Å². The van der Waals surface area contributed by atoms with Crippen LogP contribution in [0.25, 0.3) is 0 Å². The number of ether oxygens (including phenoxy) is 2. The predicted octanol–water partition coefficient (Wildman–Crippen LogP) is 4.15. The molecule has 0 aromatic heterocycles. The van der Waals surface area contributed by atoms with Crippen LogP contribution in [0.5, 0.6) is 0 Å². The number of alkyl carbamates (subject to hydrolysis) is 1. The van der Waals surface area contributed by atoms with Gasteiger partial charge in [-0.3, -0.25) is 4.79 Å². The Kier molecular flexibility index (Phi) is 7.49. The summed E-state index contributed by atoms with van der Waals surface area (Å²) >= 11 is 0. The summed E-state index contributed by atoms with van der Waals surface area (Å²) in [6.45, 7) is 10.8. The van der Waals surface area contributed by atoms with Gasteiger partial charge < -0.3 is 14.8 Å². The van der Waals surface area contributed by atoms with Gasteiger partial charge in [-0.15, -0.1) is 6.58 Å². The van der Waals surface area contributed by atoms with Crippen molar-refractivity contribution in [2.24, 2.45) is 0 Å². The van der Waals surface area contributed by atoms with Crippen LogP contribution in [0.2, 0.25) is 0 Å². The monoisotopic (exact) mass is 333 g/mol. The van der Waals surface area contributed by atoms with E-state index in [1.165, 1.54) is 0 Å². The molecule has 0 bridgehead atoms. The lowest BCUT2D eigenvalue weighted by Gasteiger charge is -2.24. The molecule has 1 N–H and O–H groups in total. The van der Waals surface area contributed by atoms with Gasteiger partial charge in [0.25, 0.3) is 0 Å². The molecule has 5 heteroatoms. The Morgan fingerprint density at radius 3 is 2.42 bits per heavy atom. The van der Waals surface area contributed by atoms with Crippen molar-refractivity contribution in [3.63, 3.8) is 0 Å². The first kappa shape index (κ1) is 19.7.